The van der Waals surface area contributed by atoms with Gasteiger partial charge < -0.3 is 9.64 Å². The first kappa shape index (κ1) is 14.8. The maximum Gasteiger partial charge on any atom is 0.409 e. The molecule has 0 aromatic rings. The van der Waals surface area contributed by atoms with Crippen LogP contribution in [0.25, 0.3) is 0 Å². The first-order chi connectivity index (χ1) is 8.38. The molecule has 18 heavy (non-hydrogen) atoms. The third-order valence-corrected chi connectivity index (χ3v) is 3.50. The van der Waals surface area contributed by atoms with Crippen LogP contribution in [0.4, 0.5) is 4.79 Å². The van der Waals surface area contributed by atoms with Crippen LogP contribution >= 0.6 is 0 Å². The molecule has 1 heterocycles. The number of ether oxygens (including phenoxy) is 1. The number of likely N-dealkylation sites (tertiary alicyclic amines) is 1. The number of hydrogen-bond donors (Lipinski definition) is 0. The van der Waals surface area contributed by atoms with E-state index in [4.69, 9.17) is 4.74 Å². The molecule has 1 fully saturated rings. The molecule has 1 rings (SSSR count). The van der Waals surface area contributed by atoms with E-state index in [0.29, 0.717) is 5.92 Å². The fraction of sp³-hybridized carbons (Fsp3) is 0.846. The molecule has 0 aromatic heterocycles. The summed E-state index contributed by atoms with van der Waals surface area (Å²) in [5.74, 6) is 0.643. The molecule has 0 bridgehead atoms. The van der Waals surface area contributed by atoms with E-state index in [1.807, 2.05) is 18.7 Å². The highest BCUT2D eigenvalue weighted by molar-refractivity contribution is 5.86. The van der Waals surface area contributed by atoms with Gasteiger partial charge in [0.05, 0.1) is 7.11 Å². The van der Waals surface area contributed by atoms with Gasteiger partial charge >= 0.3 is 6.09 Å². The minimum Gasteiger partial charge on any atom is -0.453 e. The molecule has 1 unspecified atom stereocenters. The fourth-order valence-electron chi connectivity index (χ4n) is 2.48. The number of carbonyl (C=O) groups is 2. The molecule has 104 valence electrons. The zero-order valence-corrected chi connectivity index (χ0v) is 12.0. The third-order valence-electron chi connectivity index (χ3n) is 3.50. The Morgan fingerprint density at radius 3 is 2.39 bits per heavy atom. The molecule has 0 spiro atoms. The van der Waals surface area contributed by atoms with E-state index >= 15 is 0 Å². The predicted molar refractivity (Wildman–Crippen MR) is 69.2 cm³/mol. The zero-order chi connectivity index (χ0) is 13.9. The number of carbonyl (C=O) groups excluding carboxylic acids is 2. The van der Waals surface area contributed by atoms with Gasteiger partial charge in [-0.05, 0) is 18.3 Å². The summed E-state index contributed by atoms with van der Waals surface area (Å²) in [5, 5.41) is 0. The van der Waals surface area contributed by atoms with Crippen LogP contribution in [0.5, 0.6) is 0 Å². The maximum absolute atomic E-state index is 12.5. The Kier molecular flexibility index (Phi) is 4.99. The summed E-state index contributed by atoms with van der Waals surface area (Å²) in [4.78, 5) is 27.3. The van der Waals surface area contributed by atoms with Crippen molar-refractivity contribution in [1.29, 1.82) is 0 Å². The number of hydrogen-bond acceptors (Lipinski definition) is 3. The standard InChI is InChI=1S/C13H24N2O3/c1-9(2)11(14(4)13(17)18-5)12(16)15-7-6-10(3)8-15/h9-11H,6-8H2,1-5H3/t10?,11-/m0/s1. The van der Waals surface area contributed by atoms with Gasteiger partial charge in [0.15, 0.2) is 0 Å². The number of methoxy groups -OCH3 is 1. The molecule has 1 aliphatic heterocycles. The second-order valence-corrected chi connectivity index (χ2v) is 5.45. The van der Waals surface area contributed by atoms with Crippen molar-refractivity contribution in [2.45, 2.75) is 33.2 Å². The maximum atomic E-state index is 12.5. The van der Waals surface area contributed by atoms with Gasteiger partial charge in [0.1, 0.15) is 6.04 Å². The molecule has 0 saturated carbocycles. The zero-order valence-electron chi connectivity index (χ0n) is 12.0. The van der Waals surface area contributed by atoms with Crippen LogP contribution in [-0.2, 0) is 9.53 Å². The van der Waals surface area contributed by atoms with Gasteiger partial charge in [-0.25, -0.2) is 4.79 Å². The summed E-state index contributed by atoms with van der Waals surface area (Å²) in [6.07, 6.45) is 0.577. The van der Waals surface area contributed by atoms with Crippen LogP contribution in [0.2, 0.25) is 0 Å². The highest BCUT2D eigenvalue weighted by atomic mass is 16.5. The molecule has 5 nitrogen and oxygen atoms in total. The van der Waals surface area contributed by atoms with E-state index < -0.39 is 12.1 Å². The van der Waals surface area contributed by atoms with Crippen molar-refractivity contribution in [2.75, 3.05) is 27.2 Å². The van der Waals surface area contributed by atoms with Gasteiger partial charge in [0.2, 0.25) is 5.91 Å². The number of likely N-dealkylation sites (N-methyl/N-ethyl adjacent to an activating group) is 1. The highest BCUT2D eigenvalue weighted by Crippen LogP contribution is 2.20. The van der Waals surface area contributed by atoms with Crippen LogP contribution in [0.3, 0.4) is 0 Å². The molecule has 2 atom stereocenters. The normalized spacial score (nSPS) is 21.0. The summed E-state index contributed by atoms with van der Waals surface area (Å²) in [7, 11) is 2.95. The van der Waals surface area contributed by atoms with E-state index in [1.165, 1.54) is 12.0 Å². The lowest BCUT2D eigenvalue weighted by Gasteiger charge is -2.32. The Bertz CT molecular complexity index is 317. The average molecular weight is 256 g/mol. The lowest BCUT2D eigenvalue weighted by Crippen LogP contribution is -2.51. The van der Waals surface area contributed by atoms with E-state index in [-0.39, 0.29) is 11.8 Å². The molecule has 1 aliphatic rings. The van der Waals surface area contributed by atoms with Gasteiger partial charge in [-0.15, -0.1) is 0 Å². The molecule has 5 heteroatoms. The summed E-state index contributed by atoms with van der Waals surface area (Å²) in [6, 6.07) is -0.442. The lowest BCUT2D eigenvalue weighted by molar-refractivity contribution is -0.136. The summed E-state index contributed by atoms with van der Waals surface area (Å²) < 4.78 is 4.69. The smallest absolute Gasteiger partial charge is 0.409 e. The molecule has 0 radical (unpaired) electrons. The van der Waals surface area contributed by atoms with Crippen LogP contribution in [0.15, 0.2) is 0 Å². The average Bonchev–Trinajstić information content (AvgIpc) is 2.74. The summed E-state index contributed by atoms with van der Waals surface area (Å²) in [6.45, 7) is 7.61. The lowest BCUT2D eigenvalue weighted by atomic mass is 10.0. The number of amides is 2. The van der Waals surface area contributed by atoms with Crippen molar-refractivity contribution in [1.82, 2.24) is 9.80 Å². The van der Waals surface area contributed by atoms with Crippen molar-refractivity contribution >= 4 is 12.0 Å². The fourth-order valence-corrected chi connectivity index (χ4v) is 2.48. The first-order valence-corrected chi connectivity index (χ1v) is 6.48. The Labute approximate surface area is 109 Å². The number of rotatable bonds is 3. The van der Waals surface area contributed by atoms with Gasteiger partial charge in [0.25, 0.3) is 0 Å². The highest BCUT2D eigenvalue weighted by Gasteiger charge is 2.35. The first-order valence-electron chi connectivity index (χ1n) is 6.48. The second-order valence-electron chi connectivity index (χ2n) is 5.45. The molecule has 0 aliphatic carbocycles. The van der Waals surface area contributed by atoms with E-state index in [2.05, 4.69) is 6.92 Å². The minimum atomic E-state index is -0.464. The SMILES string of the molecule is COC(=O)N(C)[C@H](C(=O)N1CCC(C)C1)C(C)C. The molecular weight excluding hydrogens is 232 g/mol. The van der Waals surface area contributed by atoms with Gasteiger partial charge in [-0.3, -0.25) is 9.69 Å². The quantitative estimate of drug-likeness (QED) is 0.770. The summed E-state index contributed by atoms with van der Waals surface area (Å²) >= 11 is 0. The Hall–Kier alpha value is -1.26. The third kappa shape index (κ3) is 3.15. The predicted octanol–water partition coefficient (Wildman–Crippen LogP) is 1.58. The van der Waals surface area contributed by atoms with Gasteiger partial charge in [-0.1, -0.05) is 20.8 Å². The largest absolute Gasteiger partial charge is 0.453 e. The second kappa shape index (κ2) is 6.07. The molecule has 2 amide bonds. The van der Waals surface area contributed by atoms with Crippen LogP contribution < -0.4 is 0 Å². The molecule has 0 aromatic carbocycles. The van der Waals surface area contributed by atoms with Crippen LogP contribution in [-0.4, -0.2) is 55.1 Å². The van der Waals surface area contributed by atoms with Gasteiger partial charge in [-0.2, -0.15) is 0 Å². The minimum absolute atomic E-state index is 0.0299. The van der Waals surface area contributed by atoms with Crippen molar-refractivity contribution in [2.24, 2.45) is 11.8 Å². The molecule has 1 saturated heterocycles. The van der Waals surface area contributed by atoms with E-state index in [9.17, 15) is 9.59 Å². The van der Waals surface area contributed by atoms with Crippen LogP contribution in [0, 0.1) is 11.8 Å². The van der Waals surface area contributed by atoms with Crippen molar-refractivity contribution in [3.8, 4) is 0 Å². The Balaban J connectivity index is 2.78. The Morgan fingerprint density at radius 2 is 2.00 bits per heavy atom. The van der Waals surface area contributed by atoms with Crippen molar-refractivity contribution < 1.29 is 14.3 Å². The Morgan fingerprint density at radius 1 is 1.39 bits per heavy atom. The van der Waals surface area contributed by atoms with E-state index in [1.54, 1.807) is 7.05 Å². The topological polar surface area (TPSA) is 49.9 Å². The summed E-state index contributed by atoms with van der Waals surface area (Å²) in [5.41, 5.74) is 0. The molecular formula is C13H24N2O3. The van der Waals surface area contributed by atoms with Crippen molar-refractivity contribution in [3.05, 3.63) is 0 Å². The number of nitrogens with zero attached hydrogens (tertiary/aromatic N) is 2. The van der Waals surface area contributed by atoms with E-state index in [0.717, 1.165) is 19.5 Å². The monoisotopic (exact) mass is 256 g/mol. The molecule has 0 N–H and O–H groups in total. The van der Waals surface area contributed by atoms with Crippen molar-refractivity contribution in [3.63, 3.8) is 0 Å². The van der Waals surface area contributed by atoms with Crippen LogP contribution in [0.1, 0.15) is 27.2 Å². The van der Waals surface area contributed by atoms with Gasteiger partial charge in [0, 0.05) is 20.1 Å².